The first-order valence-corrected chi connectivity index (χ1v) is 21.3. The molecule has 0 saturated carbocycles. The largest absolute Gasteiger partial charge is 0.311 e. The zero-order chi connectivity index (χ0) is 41.2. The van der Waals surface area contributed by atoms with Gasteiger partial charge < -0.3 is 9.47 Å². The lowest BCUT2D eigenvalue weighted by atomic mass is 9.95. The number of hydrogen-bond acceptors (Lipinski definition) is 1. The molecule has 2 nitrogen and oxygen atoms in total. The van der Waals surface area contributed by atoms with E-state index in [4.69, 9.17) is 0 Å². The molecule has 62 heavy (non-hydrogen) atoms. The summed E-state index contributed by atoms with van der Waals surface area (Å²) >= 11 is 0. The number of nitrogens with zero attached hydrogens (tertiary/aromatic N) is 2. The standard InChI is InChI=1S/C60H42N2/c1-4-14-43(15-5-1)47-28-35-52(36-29-47)61(53-37-30-48(31-38-53)44-16-6-2-7-17-44)54-39-32-49(33-40-54)46-24-26-50(27-25-46)57-42-51(45-18-8-3-9-19-45)34-41-60(57)62-58-22-12-10-20-55(58)56-21-11-13-23-59(56)62/h1-42H. The highest BCUT2D eigenvalue weighted by Gasteiger charge is 2.18. The molecule has 11 aromatic rings. The van der Waals surface area contributed by atoms with E-state index in [9.17, 15) is 0 Å². The quantitative estimate of drug-likeness (QED) is 0.141. The highest BCUT2D eigenvalue weighted by molar-refractivity contribution is 6.09. The van der Waals surface area contributed by atoms with Crippen molar-refractivity contribution < 1.29 is 0 Å². The van der Waals surface area contributed by atoms with Gasteiger partial charge in [0, 0.05) is 33.4 Å². The van der Waals surface area contributed by atoms with Gasteiger partial charge in [-0.05, 0) is 111 Å². The van der Waals surface area contributed by atoms with Crippen molar-refractivity contribution in [3.63, 3.8) is 0 Å². The third-order valence-corrected chi connectivity index (χ3v) is 12.0. The van der Waals surface area contributed by atoms with Crippen molar-refractivity contribution >= 4 is 38.9 Å². The molecular weight excluding hydrogens is 749 g/mol. The molecule has 0 fully saturated rings. The average Bonchev–Trinajstić information content (AvgIpc) is 3.70. The smallest absolute Gasteiger partial charge is 0.0541 e. The Morgan fingerprint density at radius 3 is 0.968 bits per heavy atom. The molecule has 0 atom stereocenters. The average molecular weight is 791 g/mol. The molecule has 0 bridgehead atoms. The Kier molecular flexibility index (Phi) is 9.57. The minimum absolute atomic E-state index is 1.10. The molecule has 0 amide bonds. The highest BCUT2D eigenvalue weighted by atomic mass is 15.1. The van der Waals surface area contributed by atoms with Gasteiger partial charge in [-0.1, -0.05) is 194 Å². The van der Waals surface area contributed by atoms with Crippen molar-refractivity contribution in [2.24, 2.45) is 0 Å². The molecule has 11 rings (SSSR count). The van der Waals surface area contributed by atoms with Crippen molar-refractivity contribution in [2.45, 2.75) is 0 Å². The predicted molar refractivity (Wildman–Crippen MR) is 263 cm³/mol. The summed E-state index contributed by atoms with van der Waals surface area (Å²) in [5, 5.41) is 2.51. The summed E-state index contributed by atoms with van der Waals surface area (Å²) < 4.78 is 2.43. The highest BCUT2D eigenvalue weighted by Crippen LogP contribution is 2.40. The van der Waals surface area contributed by atoms with Crippen molar-refractivity contribution in [1.82, 2.24) is 4.57 Å². The second-order valence-electron chi connectivity index (χ2n) is 15.8. The minimum atomic E-state index is 1.10. The maximum atomic E-state index is 2.43. The van der Waals surface area contributed by atoms with Crippen LogP contribution in [0, 0.1) is 0 Å². The number of aromatic nitrogens is 1. The third-order valence-electron chi connectivity index (χ3n) is 12.0. The van der Waals surface area contributed by atoms with Crippen LogP contribution in [0.25, 0.3) is 83.1 Å². The van der Waals surface area contributed by atoms with Gasteiger partial charge in [0.05, 0.1) is 16.7 Å². The van der Waals surface area contributed by atoms with Crippen molar-refractivity contribution in [3.8, 4) is 61.3 Å². The SMILES string of the molecule is c1ccc(-c2ccc(N(c3ccc(-c4ccccc4)cc3)c3ccc(-c4ccc(-c5cc(-c6ccccc6)ccc5-n5c6ccccc6c6ccccc65)cc4)cc3)cc2)cc1. The van der Waals surface area contributed by atoms with E-state index in [1.807, 2.05) is 0 Å². The number of hydrogen-bond donors (Lipinski definition) is 0. The fraction of sp³-hybridized carbons (Fsp3) is 0. The van der Waals surface area contributed by atoms with Crippen LogP contribution in [-0.2, 0) is 0 Å². The monoisotopic (exact) mass is 790 g/mol. The molecule has 1 heterocycles. The molecule has 1 aromatic heterocycles. The zero-order valence-corrected chi connectivity index (χ0v) is 34.1. The van der Waals surface area contributed by atoms with Crippen LogP contribution in [0.3, 0.4) is 0 Å². The maximum absolute atomic E-state index is 2.43. The molecule has 0 saturated heterocycles. The maximum Gasteiger partial charge on any atom is 0.0541 e. The van der Waals surface area contributed by atoms with Crippen molar-refractivity contribution in [3.05, 3.63) is 255 Å². The van der Waals surface area contributed by atoms with Crippen LogP contribution in [-0.4, -0.2) is 4.57 Å². The van der Waals surface area contributed by atoms with Crippen LogP contribution in [0.15, 0.2) is 255 Å². The van der Waals surface area contributed by atoms with Gasteiger partial charge in [0.1, 0.15) is 0 Å². The number of para-hydroxylation sites is 2. The molecular formula is C60H42N2. The van der Waals surface area contributed by atoms with E-state index in [-0.39, 0.29) is 0 Å². The van der Waals surface area contributed by atoms with Crippen LogP contribution in [0.4, 0.5) is 17.1 Å². The molecule has 0 aliphatic carbocycles. The van der Waals surface area contributed by atoms with E-state index in [1.165, 1.54) is 77.4 Å². The fourth-order valence-corrected chi connectivity index (χ4v) is 8.91. The van der Waals surface area contributed by atoms with E-state index >= 15 is 0 Å². The molecule has 0 aliphatic heterocycles. The van der Waals surface area contributed by atoms with Gasteiger partial charge in [-0.15, -0.1) is 0 Å². The summed E-state index contributed by atoms with van der Waals surface area (Å²) in [6, 6.07) is 92.0. The van der Waals surface area contributed by atoms with Crippen LogP contribution >= 0.6 is 0 Å². The van der Waals surface area contributed by atoms with E-state index in [2.05, 4.69) is 264 Å². The molecule has 2 heteroatoms. The first-order chi connectivity index (χ1) is 30.7. The van der Waals surface area contributed by atoms with Gasteiger partial charge in [0.2, 0.25) is 0 Å². The molecule has 0 spiro atoms. The summed E-state index contributed by atoms with van der Waals surface area (Å²) in [5.41, 5.74) is 18.8. The fourth-order valence-electron chi connectivity index (χ4n) is 8.91. The molecule has 0 radical (unpaired) electrons. The van der Waals surface area contributed by atoms with E-state index in [0.29, 0.717) is 0 Å². The first-order valence-electron chi connectivity index (χ1n) is 21.3. The Bertz CT molecular complexity index is 3140. The predicted octanol–water partition coefficient (Wildman–Crippen LogP) is 16.6. The van der Waals surface area contributed by atoms with Crippen LogP contribution in [0.5, 0.6) is 0 Å². The van der Waals surface area contributed by atoms with Gasteiger partial charge in [-0.25, -0.2) is 0 Å². The summed E-state index contributed by atoms with van der Waals surface area (Å²) in [6.07, 6.45) is 0. The Morgan fingerprint density at radius 2 is 0.548 bits per heavy atom. The Hall–Kier alpha value is -8.20. The Labute approximate surface area is 362 Å². The lowest BCUT2D eigenvalue weighted by Gasteiger charge is -2.26. The summed E-state index contributed by atoms with van der Waals surface area (Å²) in [4.78, 5) is 2.34. The molecule has 0 aliphatic rings. The van der Waals surface area contributed by atoms with Crippen LogP contribution < -0.4 is 4.90 Å². The first kappa shape index (κ1) is 36.8. The van der Waals surface area contributed by atoms with Crippen molar-refractivity contribution in [2.75, 3.05) is 4.90 Å². The molecule has 10 aromatic carbocycles. The Balaban J connectivity index is 0.956. The summed E-state index contributed by atoms with van der Waals surface area (Å²) in [7, 11) is 0. The molecule has 0 N–H and O–H groups in total. The van der Waals surface area contributed by atoms with E-state index < -0.39 is 0 Å². The lowest BCUT2D eigenvalue weighted by molar-refractivity contribution is 1.18. The second-order valence-corrected chi connectivity index (χ2v) is 15.8. The van der Waals surface area contributed by atoms with E-state index in [0.717, 1.165) is 22.7 Å². The number of rotatable bonds is 9. The van der Waals surface area contributed by atoms with Crippen LogP contribution in [0.2, 0.25) is 0 Å². The topological polar surface area (TPSA) is 8.17 Å². The van der Waals surface area contributed by atoms with E-state index in [1.54, 1.807) is 0 Å². The molecule has 292 valence electrons. The summed E-state index contributed by atoms with van der Waals surface area (Å²) in [6.45, 7) is 0. The van der Waals surface area contributed by atoms with Crippen molar-refractivity contribution in [1.29, 1.82) is 0 Å². The third kappa shape index (κ3) is 6.94. The van der Waals surface area contributed by atoms with Gasteiger partial charge in [-0.2, -0.15) is 0 Å². The normalized spacial score (nSPS) is 11.2. The Morgan fingerprint density at radius 1 is 0.242 bits per heavy atom. The number of fused-ring (bicyclic) bond motifs is 3. The summed E-state index contributed by atoms with van der Waals surface area (Å²) in [5.74, 6) is 0. The van der Waals surface area contributed by atoms with Gasteiger partial charge in [0.25, 0.3) is 0 Å². The second kappa shape index (κ2) is 16.1. The molecule has 0 unspecified atom stereocenters. The number of benzene rings is 10. The van der Waals surface area contributed by atoms with Crippen LogP contribution in [0.1, 0.15) is 0 Å². The van der Waals surface area contributed by atoms with Gasteiger partial charge in [0.15, 0.2) is 0 Å². The zero-order valence-electron chi connectivity index (χ0n) is 34.1. The van der Waals surface area contributed by atoms with Gasteiger partial charge in [-0.3, -0.25) is 0 Å². The minimum Gasteiger partial charge on any atom is -0.311 e. The van der Waals surface area contributed by atoms with Gasteiger partial charge >= 0.3 is 0 Å². The number of anilines is 3. The lowest BCUT2D eigenvalue weighted by Crippen LogP contribution is -2.09.